The SMILES string of the molecule is Cn1nc(NCC2(N)CCC2)c(=O)n(C)c1=O. The minimum absolute atomic E-state index is 0.173. The van der Waals surface area contributed by atoms with Gasteiger partial charge in [-0.25, -0.2) is 9.48 Å². The Kier molecular flexibility index (Phi) is 2.78. The van der Waals surface area contributed by atoms with E-state index in [4.69, 9.17) is 5.73 Å². The maximum absolute atomic E-state index is 11.7. The van der Waals surface area contributed by atoms with Gasteiger partial charge in [0.2, 0.25) is 5.82 Å². The van der Waals surface area contributed by atoms with Crippen molar-refractivity contribution in [1.82, 2.24) is 14.3 Å². The number of nitrogens with two attached hydrogens (primary N) is 1. The van der Waals surface area contributed by atoms with Crippen LogP contribution in [0.15, 0.2) is 9.59 Å². The molecule has 0 aliphatic heterocycles. The van der Waals surface area contributed by atoms with Gasteiger partial charge in [-0.05, 0) is 19.3 Å². The summed E-state index contributed by atoms with van der Waals surface area (Å²) >= 11 is 0. The molecule has 0 radical (unpaired) electrons. The van der Waals surface area contributed by atoms with Crippen molar-refractivity contribution in [2.75, 3.05) is 11.9 Å². The molecule has 1 aliphatic rings. The van der Waals surface area contributed by atoms with Crippen LogP contribution < -0.4 is 22.3 Å². The van der Waals surface area contributed by atoms with Gasteiger partial charge >= 0.3 is 5.69 Å². The third-order valence-corrected chi connectivity index (χ3v) is 3.28. The molecule has 0 spiro atoms. The molecule has 1 aliphatic carbocycles. The molecule has 3 N–H and O–H groups in total. The number of aromatic nitrogens is 3. The first-order valence-electron chi connectivity index (χ1n) is 5.60. The van der Waals surface area contributed by atoms with E-state index < -0.39 is 11.2 Å². The Balaban J connectivity index is 2.22. The van der Waals surface area contributed by atoms with E-state index >= 15 is 0 Å². The van der Waals surface area contributed by atoms with E-state index in [1.807, 2.05) is 0 Å². The van der Waals surface area contributed by atoms with Gasteiger partial charge in [0.05, 0.1) is 0 Å². The Morgan fingerprint density at radius 2 is 2.06 bits per heavy atom. The summed E-state index contributed by atoms with van der Waals surface area (Å²) in [6.07, 6.45) is 3.02. The van der Waals surface area contributed by atoms with Crippen molar-refractivity contribution in [2.45, 2.75) is 24.8 Å². The van der Waals surface area contributed by atoms with Crippen molar-refractivity contribution in [3.8, 4) is 0 Å². The fraction of sp³-hybridized carbons (Fsp3) is 0.700. The van der Waals surface area contributed by atoms with Crippen molar-refractivity contribution in [2.24, 2.45) is 19.8 Å². The molecule has 1 aromatic rings. The van der Waals surface area contributed by atoms with Crippen molar-refractivity contribution in [1.29, 1.82) is 0 Å². The zero-order valence-corrected chi connectivity index (χ0v) is 10.1. The summed E-state index contributed by atoms with van der Waals surface area (Å²) in [7, 11) is 2.94. The average Bonchev–Trinajstić information content (AvgIpc) is 2.27. The van der Waals surface area contributed by atoms with Gasteiger partial charge in [-0.2, -0.15) is 0 Å². The maximum atomic E-state index is 11.7. The first-order chi connectivity index (χ1) is 7.93. The molecule has 17 heavy (non-hydrogen) atoms. The van der Waals surface area contributed by atoms with Crippen molar-refractivity contribution in [3.63, 3.8) is 0 Å². The van der Waals surface area contributed by atoms with Gasteiger partial charge in [0.15, 0.2) is 0 Å². The van der Waals surface area contributed by atoms with E-state index in [0.29, 0.717) is 6.54 Å². The van der Waals surface area contributed by atoms with Gasteiger partial charge in [-0.3, -0.25) is 9.36 Å². The first-order valence-corrected chi connectivity index (χ1v) is 5.60. The second-order valence-electron chi connectivity index (χ2n) is 4.69. The summed E-state index contributed by atoms with van der Waals surface area (Å²) < 4.78 is 2.16. The third-order valence-electron chi connectivity index (χ3n) is 3.28. The second kappa shape index (κ2) is 3.99. The summed E-state index contributed by atoms with van der Waals surface area (Å²) in [4.78, 5) is 23.2. The third kappa shape index (κ3) is 2.10. The Morgan fingerprint density at radius 3 is 2.59 bits per heavy atom. The monoisotopic (exact) mass is 239 g/mol. The van der Waals surface area contributed by atoms with Gasteiger partial charge in [0, 0.05) is 26.2 Å². The summed E-state index contributed by atoms with van der Waals surface area (Å²) in [5.41, 5.74) is 4.95. The van der Waals surface area contributed by atoms with E-state index in [0.717, 1.165) is 28.5 Å². The van der Waals surface area contributed by atoms with Crippen LogP contribution in [-0.2, 0) is 14.1 Å². The Hall–Kier alpha value is -1.63. The van der Waals surface area contributed by atoms with Crippen LogP contribution >= 0.6 is 0 Å². The summed E-state index contributed by atoms with van der Waals surface area (Å²) in [5.74, 6) is 0.173. The van der Waals surface area contributed by atoms with E-state index in [2.05, 4.69) is 10.4 Å². The molecule has 1 heterocycles. The van der Waals surface area contributed by atoms with E-state index in [-0.39, 0.29) is 11.4 Å². The quantitative estimate of drug-likeness (QED) is 0.689. The highest BCUT2D eigenvalue weighted by Gasteiger charge is 2.32. The highest BCUT2D eigenvalue weighted by molar-refractivity contribution is 5.30. The number of hydrogen-bond donors (Lipinski definition) is 2. The topological polar surface area (TPSA) is 94.9 Å². The van der Waals surface area contributed by atoms with Crippen LogP contribution in [0.5, 0.6) is 0 Å². The average molecular weight is 239 g/mol. The van der Waals surface area contributed by atoms with Crippen molar-refractivity contribution in [3.05, 3.63) is 20.8 Å². The van der Waals surface area contributed by atoms with Gasteiger partial charge in [0.1, 0.15) is 0 Å². The lowest BCUT2D eigenvalue weighted by Crippen LogP contribution is -2.52. The zero-order valence-electron chi connectivity index (χ0n) is 10.1. The lowest BCUT2D eigenvalue weighted by Gasteiger charge is -2.38. The molecule has 0 saturated heterocycles. The van der Waals surface area contributed by atoms with Crippen LogP contribution in [0, 0.1) is 0 Å². The van der Waals surface area contributed by atoms with Crippen LogP contribution in [-0.4, -0.2) is 26.4 Å². The highest BCUT2D eigenvalue weighted by Crippen LogP contribution is 2.28. The summed E-state index contributed by atoms with van der Waals surface area (Å²) in [5, 5.41) is 6.83. The molecule has 0 bridgehead atoms. The lowest BCUT2D eigenvalue weighted by molar-refractivity contribution is 0.265. The molecule has 7 heteroatoms. The van der Waals surface area contributed by atoms with Crippen LogP contribution in [0.25, 0.3) is 0 Å². The Labute approximate surface area is 98.2 Å². The zero-order chi connectivity index (χ0) is 12.6. The molecule has 0 amide bonds. The standard InChI is InChI=1S/C10H17N5O2/c1-14-8(16)7(13-15(2)9(14)17)12-6-10(11)4-3-5-10/h3-6,11H2,1-2H3,(H,12,13). The molecule has 0 aromatic carbocycles. The molecular weight excluding hydrogens is 222 g/mol. The molecular formula is C10H17N5O2. The normalized spacial score (nSPS) is 17.6. The van der Waals surface area contributed by atoms with Crippen molar-refractivity contribution >= 4 is 5.82 Å². The molecule has 2 rings (SSSR count). The Morgan fingerprint density at radius 1 is 1.41 bits per heavy atom. The molecule has 1 fully saturated rings. The number of nitrogens with one attached hydrogen (secondary N) is 1. The van der Waals surface area contributed by atoms with Gasteiger partial charge < -0.3 is 11.1 Å². The van der Waals surface area contributed by atoms with E-state index in [1.54, 1.807) is 0 Å². The minimum Gasteiger partial charge on any atom is -0.362 e. The van der Waals surface area contributed by atoms with Crippen molar-refractivity contribution < 1.29 is 0 Å². The smallest absolute Gasteiger partial charge is 0.346 e. The fourth-order valence-electron chi connectivity index (χ4n) is 1.88. The minimum atomic E-state index is -0.438. The largest absolute Gasteiger partial charge is 0.362 e. The number of aryl methyl sites for hydroxylation is 1. The van der Waals surface area contributed by atoms with Crippen LogP contribution in [0.1, 0.15) is 19.3 Å². The van der Waals surface area contributed by atoms with Gasteiger partial charge in [-0.1, -0.05) is 0 Å². The maximum Gasteiger partial charge on any atom is 0.346 e. The number of anilines is 1. The highest BCUT2D eigenvalue weighted by atomic mass is 16.2. The molecule has 1 aromatic heterocycles. The van der Waals surface area contributed by atoms with Crippen LogP contribution in [0.4, 0.5) is 5.82 Å². The summed E-state index contributed by atoms with van der Waals surface area (Å²) in [6, 6.07) is 0. The van der Waals surface area contributed by atoms with Gasteiger partial charge in [-0.15, -0.1) is 5.10 Å². The van der Waals surface area contributed by atoms with Crippen LogP contribution in [0.3, 0.4) is 0 Å². The number of nitrogens with zero attached hydrogens (tertiary/aromatic N) is 3. The first kappa shape index (κ1) is 11.8. The van der Waals surface area contributed by atoms with E-state index in [1.165, 1.54) is 14.1 Å². The molecule has 1 saturated carbocycles. The Bertz CT molecular complexity index is 541. The molecule has 94 valence electrons. The van der Waals surface area contributed by atoms with E-state index in [9.17, 15) is 9.59 Å². The molecule has 7 nitrogen and oxygen atoms in total. The number of hydrogen-bond acceptors (Lipinski definition) is 5. The van der Waals surface area contributed by atoms with Crippen LogP contribution in [0.2, 0.25) is 0 Å². The lowest BCUT2D eigenvalue weighted by atomic mass is 9.78. The molecule has 0 unspecified atom stereocenters. The fourth-order valence-corrected chi connectivity index (χ4v) is 1.88. The second-order valence-corrected chi connectivity index (χ2v) is 4.69. The predicted octanol–water partition coefficient (Wildman–Crippen LogP) is -1.23. The molecule has 0 atom stereocenters. The van der Waals surface area contributed by atoms with Gasteiger partial charge in [0.25, 0.3) is 5.56 Å². The summed E-state index contributed by atoms with van der Waals surface area (Å²) in [6.45, 7) is 0.507. The predicted molar refractivity (Wildman–Crippen MR) is 64.0 cm³/mol. The number of rotatable bonds is 3.